The highest BCUT2D eigenvalue weighted by Crippen LogP contribution is 2.06. The summed E-state index contributed by atoms with van der Waals surface area (Å²) in [5, 5.41) is 0. The minimum atomic E-state index is 0.466. The highest BCUT2D eigenvalue weighted by atomic mass is 15.3. The third kappa shape index (κ3) is 2.57. The summed E-state index contributed by atoms with van der Waals surface area (Å²) in [6.45, 7) is 13.8. The minimum absolute atomic E-state index is 0.466. The summed E-state index contributed by atoms with van der Waals surface area (Å²) in [4.78, 5) is 0. The van der Waals surface area contributed by atoms with Crippen molar-refractivity contribution in [2.45, 2.75) is 60.3 Å². The van der Waals surface area contributed by atoms with Crippen molar-refractivity contribution in [3.63, 3.8) is 0 Å². The number of rotatable bonds is 4. The van der Waals surface area contributed by atoms with Crippen LogP contribution in [-0.4, -0.2) is 9.13 Å². The number of hydrogen-bond acceptors (Lipinski definition) is 0. The van der Waals surface area contributed by atoms with Gasteiger partial charge in [-0.1, -0.05) is 0 Å². The molecule has 2 aromatic rings. The Morgan fingerprint density at radius 2 is 1.26 bits per heavy atom. The van der Waals surface area contributed by atoms with E-state index >= 15 is 0 Å². The van der Waals surface area contributed by atoms with Crippen molar-refractivity contribution in [2.24, 2.45) is 0 Å². The van der Waals surface area contributed by atoms with Gasteiger partial charge in [-0.3, -0.25) is 0 Å². The van der Waals surface area contributed by atoms with Crippen molar-refractivity contribution in [2.75, 3.05) is 0 Å². The Bertz CT molecular complexity index is 510. The molecular weight excluding hydrogens is 236 g/mol. The normalized spacial score (nSPS) is 11.8. The molecule has 0 atom stereocenters. The smallest absolute Gasteiger partial charge is 0.170 e. The van der Waals surface area contributed by atoms with Crippen LogP contribution in [0.4, 0.5) is 0 Å². The standard InChI is InChI=1S/C15H24N4/c1-12(2)18-9-7-16(14(18)5)11-17-8-10-19(13(3)4)15(17)6/h9-10,12-13H,11H2,1-6H3. The Kier molecular flexibility index (Phi) is 3.78. The molecule has 0 radical (unpaired) electrons. The van der Waals surface area contributed by atoms with Crippen molar-refractivity contribution in [3.8, 4) is 0 Å². The molecule has 0 amide bonds. The Labute approximate surface area is 115 Å². The molecule has 0 spiro atoms. The van der Waals surface area contributed by atoms with Gasteiger partial charge in [0.1, 0.15) is 11.6 Å². The first-order valence-corrected chi connectivity index (χ1v) is 6.89. The molecule has 0 saturated heterocycles. The Morgan fingerprint density at radius 3 is 1.53 bits per heavy atom. The largest absolute Gasteiger partial charge is 0.364 e. The molecular formula is C15H24N4. The van der Waals surface area contributed by atoms with Crippen molar-refractivity contribution < 1.29 is 9.13 Å². The highest BCUT2D eigenvalue weighted by molar-refractivity contribution is 4.82. The van der Waals surface area contributed by atoms with Crippen molar-refractivity contribution in [1.29, 1.82) is 0 Å². The van der Waals surface area contributed by atoms with Crippen molar-refractivity contribution in [1.82, 2.24) is 9.13 Å². The summed E-state index contributed by atoms with van der Waals surface area (Å²) in [5.41, 5.74) is 0. The van der Waals surface area contributed by atoms with Crippen LogP contribution in [0.2, 0.25) is 0 Å². The van der Waals surface area contributed by atoms with Gasteiger partial charge in [-0.05, 0) is 53.9 Å². The second kappa shape index (κ2) is 5.19. The molecule has 0 unspecified atom stereocenters. The summed E-state index contributed by atoms with van der Waals surface area (Å²) in [6.07, 6.45) is 10.6. The maximum Gasteiger partial charge on any atom is 0.170 e. The van der Waals surface area contributed by atoms with E-state index in [1.165, 1.54) is 11.6 Å². The monoisotopic (exact) mass is 260 g/mol. The van der Waals surface area contributed by atoms with E-state index in [1.807, 2.05) is 12.4 Å². The van der Waals surface area contributed by atoms with Crippen molar-refractivity contribution in [3.05, 3.63) is 36.4 Å². The molecule has 2 aromatic heterocycles. The first-order chi connectivity index (χ1) is 8.91. The highest BCUT2D eigenvalue weighted by Gasteiger charge is 2.09. The lowest BCUT2D eigenvalue weighted by atomic mass is 10.4. The van der Waals surface area contributed by atoms with Gasteiger partial charge in [-0.2, -0.15) is 0 Å². The van der Waals surface area contributed by atoms with E-state index in [0.29, 0.717) is 12.1 Å². The minimum Gasteiger partial charge on any atom is -0.364 e. The summed E-state index contributed by atoms with van der Waals surface area (Å²) in [5.74, 6) is 2.43. The summed E-state index contributed by atoms with van der Waals surface area (Å²) in [7, 11) is 0. The number of imidazole rings is 2. The molecule has 0 aliphatic carbocycles. The van der Waals surface area contributed by atoms with Gasteiger partial charge >= 0.3 is 0 Å². The summed E-state index contributed by atoms with van der Waals surface area (Å²) < 4.78 is 8.73. The molecule has 4 nitrogen and oxygen atoms in total. The zero-order valence-corrected chi connectivity index (χ0v) is 12.8. The van der Waals surface area contributed by atoms with Crippen LogP contribution in [0.3, 0.4) is 0 Å². The molecule has 2 rings (SSSR count). The van der Waals surface area contributed by atoms with Gasteiger partial charge in [0, 0.05) is 12.4 Å². The van der Waals surface area contributed by atoms with E-state index in [0.717, 1.165) is 6.67 Å². The van der Waals surface area contributed by atoms with Crippen LogP contribution in [0.1, 0.15) is 51.4 Å². The second-order valence-corrected chi connectivity index (χ2v) is 5.61. The average molecular weight is 260 g/mol. The Balaban J connectivity index is 2.27. The van der Waals surface area contributed by atoms with E-state index in [1.54, 1.807) is 0 Å². The van der Waals surface area contributed by atoms with Gasteiger partial charge in [0.15, 0.2) is 6.67 Å². The fourth-order valence-electron chi connectivity index (χ4n) is 2.39. The quantitative estimate of drug-likeness (QED) is 0.589. The van der Waals surface area contributed by atoms with Gasteiger partial charge in [0.05, 0.1) is 12.1 Å². The van der Waals surface area contributed by atoms with Crippen LogP contribution in [0.15, 0.2) is 12.4 Å². The van der Waals surface area contributed by atoms with Crippen LogP contribution < -0.4 is 9.13 Å². The fourth-order valence-corrected chi connectivity index (χ4v) is 2.39. The summed E-state index contributed by atoms with van der Waals surface area (Å²) in [6, 6.07) is 0.931. The van der Waals surface area contributed by atoms with E-state index in [-0.39, 0.29) is 0 Å². The van der Waals surface area contributed by atoms with Gasteiger partial charge in [0.25, 0.3) is 0 Å². The molecule has 2 heterocycles. The van der Waals surface area contributed by atoms with Gasteiger partial charge in [-0.15, -0.1) is 0 Å². The van der Waals surface area contributed by atoms with Crippen molar-refractivity contribution >= 4 is 0 Å². The van der Waals surface area contributed by atoms with Crippen LogP contribution in [-0.2, 0) is 6.67 Å². The molecule has 0 bridgehead atoms. The Hall–Kier alpha value is -1.58. The maximum absolute atomic E-state index is 3.30. The number of hydrogen-bond donors (Lipinski definition) is 0. The van der Waals surface area contributed by atoms with E-state index in [9.17, 15) is 0 Å². The zero-order chi connectivity index (χ0) is 14.2. The van der Waals surface area contributed by atoms with Crippen LogP contribution in [0.25, 0.3) is 0 Å². The summed E-state index contributed by atoms with van der Waals surface area (Å²) >= 11 is 0. The van der Waals surface area contributed by atoms with Crippen LogP contribution >= 0.6 is 0 Å². The third-order valence-electron chi connectivity index (χ3n) is 3.63. The molecule has 0 aliphatic rings. The molecule has 0 aromatic carbocycles. The molecule has 4 heteroatoms. The third-order valence-corrected chi connectivity index (χ3v) is 3.63. The lowest BCUT2D eigenvalue weighted by molar-refractivity contribution is -0.920. The zero-order valence-electron chi connectivity index (χ0n) is 12.8. The van der Waals surface area contributed by atoms with E-state index in [2.05, 4.69) is 72.2 Å². The first kappa shape index (κ1) is 13.8. The van der Waals surface area contributed by atoms with Gasteiger partial charge in [0.2, 0.25) is 0 Å². The predicted octanol–water partition coefficient (Wildman–Crippen LogP) is 1.75. The van der Waals surface area contributed by atoms with E-state index in [4.69, 9.17) is 0 Å². The molecule has 104 valence electrons. The average Bonchev–Trinajstić information content (AvgIpc) is 2.85. The molecule has 0 fully saturated rings. The molecule has 0 saturated carbocycles. The lowest BCUT2D eigenvalue weighted by Gasteiger charge is -2.15. The first-order valence-electron chi connectivity index (χ1n) is 6.89. The molecule has 0 aliphatic heterocycles. The maximum atomic E-state index is 3.30. The predicted molar refractivity (Wildman–Crippen MR) is 72.6 cm³/mol. The SMILES string of the molecule is Cc1n(C(C)C)c[c-][n+]1C[n+]1[c-]cn(C(C)C)c1C. The van der Waals surface area contributed by atoms with Gasteiger partial charge < -0.3 is 18.3 Å². The number of nitrogens with zero attached hydrogens (tertiary/aromatic N) is 4. The topological polar surface area (TPSA) is 17.6 Å². The second-order valence-electron chi connectivity index (χ2n) is 5.61. The van der Waals surface area contributed by atoms with E-state index < -0.39 is 0 Å². The molecule has 19 heavy (non-hydrogen) atoms. The molecule has 0 N–H and O–H groups in total. The van der Waals surface area contributed by atoms with Crippen LogP contribution in [0, 0.1) is 26.2 Å². The Morgan fingerprint density at radius 1 is 0.895 bits per heavy atom. The van der Waals surface area contributed by atoms with Gasteiger partial charge in [-0.25, -0.2) is 0 Å². The lowest BCUT2D eigenvalue weighted by Crippen LogP contribution is -2.53. The van der Waals surface area contributed by atoms with Crippen LogP contribution in [0.5, 0.6) is 0 Å². The fraction of sp³-hybridized carbons (Fsp3) is 0.600. The number of aromatic nitrogens is 4.